The lowest BCUT2D eigenvalue weighted by molar-refractivity contribution is -0.171. The van der Waals surface area contributed by atoms with Crippen LogP contribution in [0.3, 0.4) is 0 Å². The SMILES string of the molecule is CON(C)C(=O)[C@H](Cc1c[nH]c2ccccc12)NC(=O)OC(C)(C)C. The minimum atomic E-state index is -0.806. The highest BCUT2D eigenvalue weighted by Crippen LogP contribution is 2.20. The summed E-state index contributed by atoms with van der Waals surface area (Å²) in [5.74, 6) is -0.362. The minimum Gasteiger partial charge on any atom is -0.444 e. The number of H-pyrrole nitrogens is 1. The lowest BCUT2D eigenvalue weighted by atomic mass is 10.0. The summed E-state index contributed by atoms with van der Waals surface area (Å²) < 4.78 is 5.27. The number of hydroxylamine groups is 2. The molecule has 0 aliphatic rings. The summed E-state index contributed by atoms with van der Waals surface area (Å²) in [7, 11) is 2.90. The van der Waals surface area contributed by atoms with Gasteiger partial charge in [0.25, 0.3) is 5.91 Å². The number of hydrogen-bond acceptors (Lipinski definition) is 4. The van der Waals surface area contributed by atoms with Crippen LogP contribution in [0.4, 0.5) is 4.79 Å². The Labute approximate surface area is 147 Å². The fourth-order valence-corrected chi connectivity index (χ4v) is 2.48. The standard InChI is InChI=1S/C18H25N3O4/c1-18(2,3)25-17(23)20-15(16(22)21(4)24-5)10-12-11-19-14-9-7-6-8-13(12)14/h6-9,11,15,19H,10H2,1-5H3,(H,20,23)/t15-/m0/s1. The molecule has 7 heteroatoms. The van der Waals surface area contributed by atoms with Crippen molar-refractivity contribution in [3.8, 4) is 0 Å². The molecule has 0 aliphatic heterocycles. The van der Waals surface area contributed by atoms with Crippen LogP contribution in [0.2, 0.25) is 0 Å². The molecule has 7 nitrogen and oxygen atoms in total. The van der Waals surface area contributed by atoms with Crippen molar-refractivity contribution in [1.29, 1.82) is 0 Å². The van der Waals surface area contributed by atoms with E-state index in [0.29, 0.717) is 6.42 Å². The van der Waals surface area contributed by atoms with E-state index in [1.807, 2.05) is 30.5 Å². The Morgan fingerprint density at radius 3 is 2.60 bits per heavy atom. The number of hydrogen-bond donors (Lipinski definition) is 2. The van der Waals surface area contributed by atoms with Crippen LogP contribution in [0, 0.1) is 0 Å². The van der Waals surface area contributed by atoms with Gasteiger partial charge in [-0.2, -0.15) is 0 Å². The average molecular weight is 347 g/mol. The first-order chi connectivity index (χ1) is 11.7. The number of likely N-dealkylation sites (N-methyl/N-ethyl adjacent to an activating group) is 1. The van der Waals surface area contributed by atoms with Crippen LogP contribution in [0.25, 0.3) is 10.9 Å². The molecular formula is C18H25N3O4. The van der Waals surface area contributed by atoms with Crippen LogP contribution < -0.4 is 5.32 Å². The number of nitrogens with zero attached hydrogens (tertiary/aromatic N) is 1. The van der Waals surface area contributed by atoms with Crippen molar-refractivity contribution in [3.05, 3.63) is 36.0 Å². The number of carbonyl (C=O) groups is 2. The van der Waals surface area contributed by atoms with Crippen molar-refractivity contribution in [2.45, 2.75) is 38.8 Å². The van der Waals surface area contributed by atoms with Gasteiger partial charge < -0.3 is 15.0 Å². The Morgan fingerprint density at radius 1 is 1.28 bits per heavy atom. The summed E-state index contributed by atoms with van der Waals surface area (Å²) in [6.45, 7) is 5.30. The number of aromatic nitrogens is 1. The maximum Gasteiger partial charge on any atom is 0.408 e. The molecule has 0 fully saturated rings. The van der Waals surface area contributed by atoms with Crippen LogP contribution in [-0.2, 0) is 20.8 Å². The first-order valence-electron chi connectivity index (χ1n) is 8.07. The molecule has 2 amide bonds. The van der Waals surface area contributed by atoms with E-state index in [0.717, 1.165) is 21.5 Å². The molecule has 136 valence electrons. The normalized spacial score (nSPS) is 12.7. The van der Waals surface area contributed by atoms with Crippen LogP contribution in [0.5, 0.6) is 0 Å². The number of alkyl carbamates (subject to hydrolysis) is 1. The highest BCUT2D eigenvalue weighted by molar-refractivity contribution is 5.87. The molecule has 0 saturated heterocycles. The van der Waals surface area contributed by atoms with Crippen LogP contribution >= 0.6 is 0 Å². The lowest BCUT2D eigenvalue weighted by Crippen LogP contribution is -2.49. The van der Waals surface area contributed by atoms with Gasteiger partial charge in [-0.1, -0.05) is 18.2 Å². The molecule has 0 spiro atoms. The van der Waals surface area contributed by atoms with Gasteiger partial charge in [-0.15, -0.1) is 0 Å². The molecule has 2 rings (SSSR count). The van der Waals surface area contributed by atoms with Gasteiger partial charge in [0.2, 0.25) is 0 Å². The third-order valence-electron chi connectivity index (χ3n) is 3.67. The largest absolute Gasteiger partial charge is 0.444 e. The Balaban J connectivity index is 2.22. The summed E-state index contributed by atoms with van der Waals surface area (Å²) in [5.41, 5.74) is 1.25. The van der Waals surface area contributed by atoms with Crippen molar-refractivity contribution in [1.82, 2.24) is 15.4 Å². The van der Waals surface area contributed by atoms with Gasteiger partial charge in [0.15, 0.2) is 0 Å². The number of carbonyl (C=O) groups excluding carboxylic acids is 2. The molecule has 0 unspecified atom stereocenters. The van der Waals surface area contributed by atoms with E-state index in [2.05, 4.69) is 10.3 Å². The monoisotopic (exact) mass is 347 g/mol. The Bertz CT molecular complexity index is 748. The molecule has 2 N–H and O–H groups in total. The Hall–Kier alpha value is -2.54. The van der Waals surface area contributed by atoms with Gasteiger partial charge >= 0.3 is 6.09 Å². The van der Waals surface area contributed by atoms with Gasteiger partial charge in [0.05, 0.1) is 7.11 Å². The predicted molar refractivity (Wildman–Crippen MR) is 94.9 cm³/mol. The smallest absolute Gasteiger partial charge is 0.408 e. The first-order valence-corrected chi connectivity index (χ1v) is 8.07. The van der Waals surface area contributed by atoms with Crippen molar-refractivity contribution in [3.63, 3.8) is 0 Å². The van der Waals surface area contributed by atoms with E-state index in [-0.39, 0.29) is 5.91 Å². The number of nitrogens with one attached hydrogen (secondary N) is 2. The van der Waals surface area contributed by atoms with Gasteiger partial charge in [0.1, 0.15) is 11.6 Å². The molecular weight excluding hydrogens is 322 g/mol. The van der Waals surface area contributed by atoms with E-state index in [9.17, 15) is 9.59 Å². The summed E-state index contributed by atoms with van der Waals surface area (Å²) >= 11 is 0. The van der Waals surface area contributed by atoms with Gasteiger partial charge in [0, 0.05) is 30.6 Å². The van der Waals surface area contributed by atoms with Crippen molar-refractivity contribution >= 4 is 22.9 Å². The van der Waals surface area contributed by atoms with Crippen molar-refractivity contribution in [2.24, 2.45) is 0 Å². The highest BCUT2D eigenvalue weighted by atomic mass is 16.7. The zero-order chi connectivity index (χ0) is 18.6. The summed E-state index contributed by atoms with van der Waals surface area (Å²) in [5, 5.41) is 4.75. The number of rotatable bonds is 5. The van der Waals surface area contributed by atoms with E-state index in [4.69, 9.17) is 9.57 Å². The Morgan fingerprint density at radius 2 is 1.96 bits per heavy atom. The summed E-state index contributed by atoms with van der Waals surface area (Å²) in [6.07, 6.45) is 1.51. The van der Waals surface area contributed by atoms with Crippen molar-refractivity contribution in [2.75, 3.05) is 14.2 Å². The van der Waals surface area contributed by atoms with E-state index in [1.54, 1.807) is 20.8 Å². The highest BCUT2D eigenvalue weighted by Gasteiger charge is 2.28. The minimum absolute atomic E-state index is 0.315. The molecule has 1 aromatic heterocycles. The van der Waals surface area contributed by atoms with Gasteiger partial charge in [-0.25, -0.2) is 9.86 Å². The van der Waals surface area contributed by atoms with Crippen LogP contribution in [0.15, 0.2) is 30.5 Å². The molecule has 2 aromatic rings. The van der Waals surface area contributed by atoms with E-state index in [1.165, 1.54) is 14.2 Å². The number of aromatic amines is 1. The number of benzene rings is 1. The molecule has 0 bridgehead atoms. The maximum absolute atomic E-state index is 12.6. The number of para-hydroxylation sites is 1. The van der Waals surface area contributed by atoms with E-state index >= 15 is 0 Å². The molecule has 0 radical (unpaired) electrons. The molecule has 25 heavy (non-hydrogen) atoms. The van der Waals surface area contributed by atoms with Crippen molar-refractivity contribution < 1.29 is 19.2 Å². The fraction of sp³-hybridized carbons (Fsp3) is 0.444. The molecule has 0 aliphatic carbocycles. The molecule has 1 aromatic carbocycles. The molecule has 1 heterocycles. The number of amides is 2. The second-order valence-corrected chi connectivity index (χ2v) is 6.78. The quantitative estimate of drug-likeness (QED) is 0.815. The third-order valence-corrected chi connectivity index (χ3v) is 3.67. The second kappa shape index (κ2) is 7.57. The zero-order valence-corrected chi connectivity index (χ0v) is 15.3. The zero-order valence-electron chi connectivity index (χ0n) is 15.3. The Kier molecular flexibility index (Phi) is 5.69. The summed E-state index contributed by atoms with van der Waals surface area (Å²) in [4.78, 5) is 32.8. The fourth-order valence-electron chi connectivity index (χ4n) is 2.48. The van der Waals surface area contributed by atoms with Crippen LogP contribution in [-0.4, -0.2) is 47.8 Å². The third kappa shape index (κ3) is 4.96. The topological polar surface area (TPSA) is 83.7 Å². The molecule has 1 atom stereocenters. The van der Waals surface area contributed by atoms with E-state index < -0.39 is 17.7 Å². The second-order valence-electron chi connectivity index (χ2n) is 6.78. The lowest BCUT2D eigenvalue weighted by Gasteiger charge is -2.25. The maximum atomic E-state index is 12.6. The number of ether oxygens (including phenoxy) is 1. The summed E-state index contributed by atoms with van der Waals surface area (Å²) in [6, 6.07) is 6.98. The first kappa shape index (κ1) is 18.8. The van der Waals surface area contributed by atoms with Gasteiger partial charge in [-0.05, 0) is 32.4 Å². The number of fused-ring (bicyclic) bond motifs is 1. The predicted octanol–water partition coefficient (Wildman–Crippen LogP) is 2.62. The van der Waals surface area contributed by atoms with Gasteiger partial charge in [-0.3, -0.25) is 9.63 Å². The average Bonchev–Trinajstić information content (AvgIpc) is 2.94. The molecule has 0 saturated carbocycles. The van der Waals surface area contributed by atoms with Crippen LogP contribution in [0.1, 0.15) is 26.3 Å².